The zero-order valence-electron chi connectivity index (χ0n) is 11.1. The summed E-state index contributed by atoms with van der Waals surface area (Å²) >= 11 is 6.11. The van der Waals surface area contributed by atoms with Crippen molar-refractivity contribution < 1.29 is 9.59 Å². The summed E-state index contributed by atoms with van der Waals surface area (Å²) in [5, 5.41) is 0.485. The van der Waals surface area contributed by atoms with Crippen LogP contribution in [0.2, 0.25) is 5.02 Å². The lowest BCUT2D eigenvalue weighted by Crippen LogP contribution is -2.48. The molecule has 20 heavy (non-hydrogen) atoms. The molecule has 1 fully saturated rings. The van der Waals surface area contributed by atoms with E-state index in [2.05, 4.69) is 4.90 Å². The van der Waals surface area contributed by atoms with Gasteiger partial charge in [0.15, 0.2) is 5.78 Å². The first-order valence-electron chi connectivity index (χ1n) is 6.30. The molecule has 110 valence electrons. The van der Waals surface area contributed by atoms with Crippen LogP contribution in [0.15, 0.2) is 18.2 Å². The second kappa shape index (κ2) is 6.75. The Morgan fingerprint density at radius 1 is 1.10 bits per heavy atom. The Labute approximate surface area is 125 Å². The van der Waals surface area contributed by atoms with Gasteiger partial charge < -0.3 is 9.80 Å². The van der Waals surface area contributed by atoms with Crippen LogP contribution in [0.1, 0.15) is 31.6 Å². The molecule has 1 amide bonds. The normalized spacial score (nSPS) is 14.8. The number of amides is 1. The molecule has 0 N–H and O–H groups in total. The minimum Gasteiger partial charge on any atom is -0.368 e. The molecule has 0 atom stereocenters. The van der Waals surface area contributed by atoms with Gasteiger partial charge in [0.1, 0.15) is 0 Å². The zero-order chi connectivity index (χ0) is 14.0. The number of rotatable bonds is 2. The molecule has 1 aliphatic rings. The number of carbonyl (C=O) groups is 2. The summed E-state index contributed by atoms with van der Waals surface area (Å²) in [5.74, 6) is 0.0857. The Bertz CT molecular complexity index is 509. The first kappa shape index (κ1) is 16.5. The topological polar surface area (TPSA) is 40.6 Å². The Morgan fingerprint density at radius 2 is 1.70 bits per heavy atom. The molecule has 1 saturated heterocycles. The Kier molecular flexibility index (Phi) is 5.57. The van der Waals surface area contributed by atoms with E-state index in [-0.39, 0.29) is 19.1 Å². The van der Waals surface area contributed by atoms with E-state index in [0.29, 0.717) is 10.6 Å². The molecule has 5 heteroatoms. The summed E-state index contributed by atoms with van der Waals surface area (Å²) in [4.78, 5) is 26.6. The highest BCUT2D eigenvalue weighted by molar-refractivity contribution is 6.34. The number of anilines is 1. The number of piperazine rings is 1. The van der Waals surface area contributed by atoms with Crippen LogP contribution >= 0.6 is 11.6 Å². The van der Waals surface area contributed by atoms with Gasteiger partial charge in [-0.3, -0.25) is 9.59 Å². The van der Waals surface area contributed by atoms with Crippen molar-refractivity contribution in [2.45, 2.75) is 21.3 Å². The maximum absolute atomic E-state index is 11.3. The van der Waals surface area contributed by atoms with Crippen LogP contribution < -0.4 is 4.90 Å². The van der Waals surface area contributed by atoms with Gasteiger partial charge in [-0.15, -0.1) is 0 Å². The molecule has 2 rings (SSSR count). The van der Waals surface area contributed by atoms with Gasteiger partial charge in [0.2, 0.25) is 5.91 Å². The number of benzene rings is 1. The number of hydrogen-bond donors (Lipinski definition) is 0. The van der Waals surface area contributed by atoms with E-state index < -0.39 is 0 Å². The average Bonchev–Trinajstić information content (AvgIpc) is 2.38. The van der Waals surface area contributed by atoms with Gasteiger partial charge in [-0.25, -0.2) is 0 Å². The molecule has 1 aliphatic heterocycles. The van der Waals surface area contributed by atoms with E-state index in [1.165, 1.54) is 6.92 Å². The van der Waals surface area contributed by atoms with Crippen LogP contribution in [0, 0.1) is 0 Å². The van der Waals surface area contributed by atoms with Crippen LogP contribution in [-0.2, 0) is 4.79 Å². The fourth-order valence-electron chi connectivity index (χ4n) is 2.27. The number of ketones is 1. The standard InChI is InChI=1S/C14H17ClN2O2.CH4/c1-10(18)13-4-3-12(9-14(13)15)17-7-5-16(6-8-17)11(2)19;/h3-4,9H,5-8H2,1-2H3;1H4. The Balaban J connectivity index is 0.00000200. The fourth-order valence-corrected chi connectivity index (χ4v) is 2.57. The minimum absolute atomic E-state index is 0. The van der Waals surface area contributed by atoms with Crippen molar-refractivity contribution in [3.05, 3.63) is 28.8 Å². The lowest BCUT2D eigenvalue weighted by molar-refractivity contribution is -0.129. The number of nitrogens with zero attached hydrogens (tertiary/aromatic N) is 2. The first-order chi connectivity index (χ1) is 8.99. The Morgan fingerprint density at radius 3 is 2.15 bits per heavy atom. The fraction of sp³-hybridized carbons (Fsp3) is 0.467. The molecule has 0 saturated carbocycles. The van der Waals surface area contributed by atoms with Crippen molar-refractivity contribution >= 4 is 29.0 Å². The summed E-state index contributed by atoms with van der Waals surface area (Å²) in [5.41, 5.74) is 1.55. The van der Waals surface area contributed by atoms with Gasteiger partial charge in [0.05, 0.1) is 5.02 Å². The highest BCUT2D eigenvalue weighted by atomic mass is 35.5. The minimum atomic E-state index is -0.0297. The molecule has 1 heterocycles. The van der Waals surface area contributed by atoms with E-state index >= 15 is 0 Å². The molecule has 0 aliphatic carbocycles. The van der Waals surface area contributed by atoms with E-state index in [0.717, 1.165) is 31.9 Å². The predicted molar refractivity (Wildman–Crippen MR) is 82.7 cm³/mol. The monoisotopic (exact) mass is 296 g/mol. The summed E-state index contributed by atoms with van der Waals surface area (Å²) in [6, 6.07) is 5.49. The van der Waals surface area contributed by atoms with Gasteiger partial charge in [0, 0.05) is 44.4 Å². The molecule has 0 unspecified atom stereocenters. The molecule has 0 spiro atoms. The maximum Gasteiger partial charge on any atom is 0.219 e. The van der Waals surface area contributed by atoms with Crippen molar-refractivity contribution in [2.75, 3.05) is 31.1 Å². The van der Waals surface area contributed by atoms with E-state index in [1.807, 2.05) is 17.0 Å². The van der Waals surface area contributed by atoms with Gasteiger partial charge in [-0.1, -0.05) is 19.0 Å². The van der Waals surface area contributed by atoms with E-state index in [9.17, 15) is 9.59 Å². The quantitative estimate of drug-likeness (QED) is 0.788. The van der Waals surface area contributed by atoms with Gasteiger partial charge in [-0.05, 0) is 25.1 Å². The van der Waals surface area contributed by atoms with Crippen LogP contribution in [0.25, 0.3) is 0 Å². The van der Waals surface area contributed by atoms with Crippen LogP contribution in [0.4, 0.5) is 5.69 Å². The molecular weight excluding hydrogens is 276 g/mol. The first-order valence-corrected chi connectivity index (χ1v) is 6.68. The third-order valence-electron chi connectivity index (χ3n) is 3.42. The van der Waals surface area contributed by atoms with Crippen LogP contribution in [0.3, 0.4) is 0 Å². The lowest BCUT2D eigenvalue weighted by atomic mass is 10.1. The third-order valence-corrected chi connectivity index (χ3v) is 3.73. The van der Waals surface area contributed by atoms with Crippen molar-refractivity contribution in [1.29, 1.82) is 0 Å². The van der Waals surface area contributed by atoms with Gasteiger partial charge in [0.25, 0.3) is 0 Å². The lowest BCUT2D eigenvalue weighted by Gasteiger charge is -2.35. The Hall–Kier alpha value is -1.55. The summed E-state index contributed by atoms with van der Waals surface area (Å²) < 4.78 is 0. The van der Waals surface area contributed by atoms with E-state index in [1.54, 1.807) is 13.0 Å². The van der Waals surface area contributed by atoms with Crippen molar-refractivity contribution in [3.63, 3.8) is 0 Å². The molecule has 1 aromatic rings. The average molecular weight is 297 g/mol. The number of hydrogen-bond acceptors (Lipinski definition) is 3. The zero-order valence-corrected chi connectivity index (χ0v) is 11.9. The molecule has 0 bridgehead atoms. The van der Waals surface area contributed by atoms with Crippen molar-refractivity contribution in [1.82, 2.24) is 4.90 Å². The van der Waals surface area contributed by atoms with Gasteiger partial charge in [-0.2, -0.15) is 0 Å². The number of carbonyl (C=O) groups excluding carboxylic acids is 2. The second-order valence-electron chi connectivity index (χ2n) is 4.71. The summed E-state index contributed by atoms with van der Waals surface area (Å²) in [6.07, 6.45) is 0. The highest BCUT2D eigenvalue weighted by Gasteiger charge is 2.19. The maximum atomic E-state index is 11.3. The second-order valence-corrected chi connectivity index (χ2v) is 5.12. The SMILES string of the molecule is C.CC(=O)c1ccc(N2CCN(C(C)=O)CC2)cc1Cl. The summed E-state index contributed by atoms with van der Waals surface area (Å²) in [6.45, 7) is 6.12. The summed E-state index contributed by atoms with van der Waals surface area (Å²) in [7, 11) is 0. The van der Waals surface area contributed by atoms with Crippen molar-refractivity contribution in [2.24, 2.45) is 0 Å². The molecule has 0 radical (unpaired) electrons. The number of halogens is 1. The number of Topliss-reactive ketones (excluding diaryl/α,β-unsaturated/α-hetero) is 1. The van der Waals surface area contributed by atoms with Crippen LogP contribution in [-0.4, -0.2) is 42.8 Å². The predicted octanol–water partition coefficient (Wildman–Crippen LogP) is 2.85. The molecular formula is C15H21ClN2O2. The largest absolute Gasteiger partial charge is 0.368 e. The smallest absolute Gasteiger partial charge is 0.219 e. The molecule has 0 aromatic heterocycles. The van der Waals surface area contributed by atoms with Crippen LogP contribution in [0.5, 0.6) is 0 Å². The molecule has 1 aromatic carbocycles. The molecule has 4 nitrogen and oxygen atoms in total. The highest BCUT2D eigenvalue weighted by Crippen LogP contribution is 2.25. The van der Waals surface area contributed by atoms with Gasteiger partial charge >= 0.3 is 0 Å². The van der Waals surface area contributed by atoms with Crippen molar-refractivity contribution in [3.8, 4) is 0 Å². The van der Waals surface area contributed by atoms with E-state index in [4.69, 9.17) is 11.6 Å². The third kappa shape index (κ3) is 3.51.